The van der Waals surface area contributed by atoms with Gasteiger partial charge in [-0.3, -0.25) is 4.79 Å². The Labute approximate surface area is 211 Å². The van der Waals surface area contributed by atoms with Crippen molar-refractivity contribution < 1.29 is 24.2 Å². The molecule has 0 aromatic heterocycles. The summed E-state index contributed by atoms with van der Waals surface area (Å²) in [5.41, 5.74) is 3.27. The average Bonchev–Trinajstić information content (AvgIpc) is 2.79. The predicted octanol–water partition coefficient (Wildman–Crippen LogP) is 6.14. The van der Waals surface area contributed by atoms with Crippen LogP contribution in [0.4, 0.5) is 11.4 Å². The molecule has 0 spiro atoms. The summed E-state index contributed by atoms with van der Waals surface area (Å²) in [5, 5.41) is 15.5. The number of benzene rings is 3. The van der Waals surface area contributed by atoms with E-state index in [1.165, 1.54) is 18.2 Å². The summed E-state index contributed by atoms with van der Waals surface area (Å²) < 4.78 is 12.1. The van der Waals surface area contributed by atoms with E-state index in [0.717, 1.165) is 11.1 Å². The molecular formula is C25H24BrClN2O5. The number of hydrogen-bond acceptors (Lipinski definition) is 5. The van der Waals surface area contributed by atoms with Gasteiger partial charge in [0.1, 0.15) is 0 Å². The largest absolute Gasteiger partial charge is 0.490 e. The number of carbonyl (C=O) groups is 2. The Morgan fingerprint density at radius 1 is 1.06 bits per heavy atom. The molecule has 0 aliphatic carbocycles. The van der Waals surface area contributed by atoms with E-state index in [1.807, 2.05) is 44.2 Å². The molecule has 7 nitrogen and oxygen atoms in total. The van der Waals surface area contributed by atoms with Crippen LogP contribution in [-0.4, -0.2) is 30.2 Å². The van der Waals surface area contributed by atoms with Crippen molar-refractivity contribution >= 4 is 50.8 Å². The number of nitrogens with one attached hydrogen (secondary N) is 2. The molecule has 0 heterocycles. The maximum absolute atomic E-state index is 12.3. The third-order valence-corrected chi connectivity index (χ3v) is 5.67. The van der Waals surface area contributed by atoms with Crippen LogP contribution in [-0.2, 0) is 11.3 Å². The van der Waals surface area contributed by atoms with Crippen molar-refractivity contribution in [2.75, 3.05) is 23.8 Å². The summed E-state index contributed by atoms with van der Waals surface area (Å²) in [6, 6.07) is 15.6. The van der Waals surface area contributed by atoms with Gasteiger partial charge in [-0.15, -0.1) is 0 Å². The van der Waals surface area contributed by atoms with Gasteiger partial charge in [-0.2, -0.15) is 0 Å². The number of halogens is 2. The highest BCUT2D eigenvalue weighted by Gasteiger charge is 2.15. The zero-order chi connectivity index (χ0) is 24.7. The number of anilines is 2. The normalized spacial score (nSPS) is 10.5. The number of carbonyl (C=O) groups excluding carboxylic acids is 1. The molecule has 3 aromatic rings. The van der Waals surface area contributed by atoms with Crippen LogP contribution >= 0.6 is 27.5 Å². The van der Waals surface area contributed by atoms with E-state index in [4.69, 9.17) is 21.1 Å². The summed E-state index contributed by atoms with van der Waals surface area (Å²) in [4.78, 5) is 23.6. The quantitative estimate of drug-likeness (QED) is 0.282. The van der Waals surface area contributed by atoms with Crippen LogP contribution in [0.25, 0.3) is 0 Å². The minimum atomic E-state index is -1.03. The molecule has 0 atom stereocenters. The van der Waals surface area contributed by atoms with Crippen molar-refractivity contribution in [2.45, 2.75) is 20.4 Å². The van der Waals surface area contributed by atoms with Crippen LogP contribution in [0.3, 0.4) is 0 Å². The van der Waals surface area contributed by atoms with Crippen LogP contribution in [0.5, 0.6) is 11.5 Å². The molecule has 1 amide bonds. The smallest absolute Gasteiger partial charge is 0.335 e. The molecule has 3 aromatic carbocycles. The number of ether oxygens (including phenoxy) is 2. The third-order valence-electron chi connectivity index (χ3n) is 4.75. The lowest BCUT2D eigenvalue weighted by Crippen LogP contribution is -2.20. The molecule has 0 aliphatic rings. The summed E-state index contributed by atoms with van der Waals surface area (Å²) >= 11 is 9.69. The number of aromatic carboxylic acids is 1. The molecule has 9 heteroatoms. The molecule has 3 N–H and O–H groups in total. The Kier molecular flexibility index (Phi) is 8.79. The van der Waals surface area contributed by atoms with Gasteiger partial charge in [-0.1, -0.05) is 29.3 Å². The zero-order valence-electron chi connectivity index (χ0n) is 18.7. The van der Waals surface area contributed by atoms with Crippen molar-refractivity contribution in [1.29, 1.82) is 0 Å². The molecule has 0 saturated heterocycles. The van der Waals surface area contributed by atoms with Gasteiger partial charge >= 0.3 is 5.97 Å². The first-order valence-electron chi connectivity index (χ1n) is 10.5. The Hall–Kier alpha value is -3.23. The van der Waals surface area contributed by atoms with Crippen molar-refractivity contribution in [1.82, 2.24) is 0 Å². The first kappa shape index (κ1) is 25.4. The van der Waals surface area contributed by atoms with Crippen LogP contribution < -0.4 is 20.1 Å². The van der Waals surface area contributed by atoms with E-state index in [1.54, 1.807) is 6.07 Å². The van der Waals surface area contributed by atoms with Gasteiger partial charge < -0.3 is 25.2 Å². The molecule has 0 saturated carbocycles. The van der Waals surface area contributed by atoms with Crippen LogP contribution in [0.2, 0.25) is 5.02 Å². The highest BCUT2D eigenvalue weighted by atomic mass is 79.9. The number of rotatable bonds is 10. The number of carboxylic acid groups (broad SMARTS) is 1. The van der Waals surface area contributed by atoms with E-state index < -0.39 is 5.97 Å². The summed E-state index contributed by atoms with van der Waals surface area (Å²) in [7, 11) is 0. The Bertz CT molecular complexity index is 1180. The van der Waals surface area contributed by atoms with Gasteiger partial charge in [-0.25, -0.2) is 4.79 Å². The SMILES string of the molecule is CCOc1cc(CNc2cc(C(=O)O)ccc2Cl)cc(Br)c1OCC(=O)Nc1ccc(C)cc1. The van der Waals surface area contributed by atoms with E-state index in [2.05, 4.69) is 26.6 Å². The predicted molar refractivity (Wildman–Crippen MR) is 136 cm³/mol. The average molecular weight is 548 g/mol. The molecular weight excluding hydrogens is 524 g/mol. The van der Waals surface area contributed by atoms with Gasteiger partial charge in [0.15, 0.2) is 18.1 Å². The third kappa shape index (κ3) is 6.88. The molecule has 0 aliphatic heterocycles. The van der Waals surface area contributed by atoms with E-state index >= 15 is 0 Å². The summed E-state index contributed by atoms with van der Waals surface area (Å²) in [6.45, 7) is 4.39. The maximum atomic E-state index is 12.3. The number of amides is 1. The van der Waals surface area contributed by atoms with Crippen molar-refractivity contribution in [2.24, 2.45) is 0 Å². The Balaban J connectivity index is 1.70. The van der Waals surface area contributed by atoms with Gasteiger partial charge in [0.05, 0.1) is 27.4 Å². The number of aryl methyl sites for hydroxylation is 1. The fraction of sp³-hybridized carbons (Fsp3) is 0.200. The second-order valence-corrected chi connectivity index (χ2v) is 8.66. The van der Waals surface area contributed by atoms with Gasteiger partial charge in [0, 0.05) is 12.2 Å². The standard InChI is InChI=1S/C25H24BrClN2O5/c1-3-33-22-11-16(13-28-21-12-17(25(31)32)6-9-20(21)27)10-19(26)24(22)34-14-23(30)29-18-7-4-15(2)5-8-18/h4-12,28H,3,13-14H2,1-2H3,(H,29,30)(H,31,32). The molecule has 178 valence electrons. The Morgan fingerprint density at radius 2 is 1.79 bits per heavy atom. The van der Waals surface area contributed by atoms with Crippen molar-refractivity contribution in [3.8, 4) is 11.5 Å². The summed E-state index contributed by atoms with van der Waals surface area (Å²) in [6.07, 6.45) is 0. The minimum Gasteiger partial charge on any atom is -0.490 e. The topological polar surface area (TPSA) is 96.9 Å². The fourth-order valence-corrected chi connectivity index (χ4v) is 3.88. The molecule has 0 unspecified atom stereocenters. The highest BCUT2D eigenvalue weighted by Crippen LogP contribution is 2.37. The van der Waals surface area contributed by atoms with Crippen LogP contribution in [0.1, 0.15) is 28.4 Å². The lowest BCUT2D eigenvalue weighted by Gasteiger charge is -2.16. The highest BCUT2D eigenvalue weighted by molar-refractivity contribution is 9.10. The second-order valence-electron chi connectivity index (χ2n) is 7.39. The lowest BCUT2D eigenvalue weighted by molar-refractivity contribution is -0.118. The zero-order valence-corrected chi connectivity index (χ0v) is 21.0. The molecule has 0 bridgehead atoms. The number of carboxylic acids is 1. The molecule has 0 fully saturated rings. The van der Waals surface area contributed by atoms with Crippen molar-refractivity contribution in [3.05, 3.63) is 80.8 Å². The first-order chi connectivity index (χ1) is 16.3. The van der Waals surface area contributed by atoms with Gasteiger partial charge in [0.25, 0.3) is 5.91 Å². The van der Waals surface area contributed by atoms with Crippen molar-refractivity contribution in [3.63, 3.8) is 0 Å². The van der Waals surface area contributed by atoms with Crippen LogP contribution in [0, 0.1) is 6.92 Å². The monoisotopic (exact) mass is 546 g/mol. The molecule has 0 radical (unpaired) electrons. The van der Waals surface area contributed by atoms with E-state index in [9.17, 15) is 14.7 Å². The fourth-order valence-electron chi connectivity index (χ4n) is 3.09. The summed E-state index contributed by atoms with van der Waals surface area (Å²) in [5.74, 6) is -0.441. The Morgan fingerprint density at radius 3 is 2.47 bits per heavy atom. The maximum Gasteiger partial charge on any atom is 0.335 e. The van der Waals surface area contributed by atoms with Gasteiger partial charge in [-0.05, 0) is 77.8 Å². The van der Waals surface area contributed by atoms with E-state index in [-0.39, 0.29) is 18.1 Å². The molecule has 34 heavy (non-hydrogen) atoms. The lowest BCUT2D eigenvalue weighted by atomic mass is 10.1. The van der Waals surface area contributed by atoms with E-state index in [0.29, 0.717) is 45.5 Å². The van der Waals surface area contributed by atoms with Crippen LogP contribution in [0.15, 0.2) is 59.1 Å². The minimum absolute atomic E-state index is 0.135. The number of hydrogen-bond donors (Lipinski definition) is 3. The first-order valence-corrected chi connectivity index (χ1v) is 11.6. The second kappa shape index (κ2) is 11.8. The van der Waals surface area contributed by atoms with Gasteiger partial charge in [0.2, 0.25) is 0 Å². The molecule has 3 rings (SSSR count).